The van der Waals surface area contributed by atoms with Crippen molar-refractivity contribution in [2.24, 2.45) is 0 Å². The fourth-order valence-electron chi connectivity index (χ4n) is 1.54. The highest BCUT2D eigenvalue weighted by atomic mass is 32.2. The second-order valence-corrected chi connectivity index (χ2v) is 4.42. The van der Waals surface area contributed by atoms with Crippen LogP contribution in [0.2, 0.25) is 0 Å². The number of carbonyl (C=O) groups is 1. The maximum Gasteiger partial charge on any atom is 0.343 e. The van der Waals surface area contributed by atoms with E-state index in [-0.39, 0.29) is 16.6 Å². The quantitative estimate of drug-likeness (QED) is 0.775. The van der Waals surface area contributed by atoms with Crippen LogP contribution in [-0.2, 0) is 0 Å². The van der Waals surface area contributed by atoms with Crippen molar-refractivity contribution in [3.63, 3.8) is 0 Å². The van der Waals surface area contributed by atoms with Crippen molar-refractivity contribution in [1.29, 1.82) is 0 Å². The molecule has 1 aromatic heterocycles. The van der Waals surface area contributed by atoms with Crippen LogP contribution in [0.25, 0.3) is 0 Å². The van der Waals surface area contributed by atoms with Gasteiger partial charge in [-0.2, -0.15) is 11.8 Å². The van der Waals surface area contributed by atoms with Crippen LogP contribution >= 0.6 is 11.8 Å². The molecule has 76 valence electrons. The number of aromatic carboxylic acids is 1. The molecule has 0 aliphatic carbocycles. The van der Waals surface area contributed by atoms with Crippen molar-refractivity contribution in [2.75, 3.05) is 11.5 Å². The Morgan fingerprint density at radius 1 is 1.71 bits per heavy atom. The highest BCUT2D eigenvalue weighted by Gasteiger charge is 2.29. The number of nitrogens with zero attached hydrogens (tertiary/aromatic N) is 1. The van der Waals surface area contributed by atoms with E-state index >= 15 is 0 Å². The van der Waals surface area contributed by atoms with Crippen molar-refractivity contribution in [3.05, 3.63) is 11.3 Å². The lowest BCUT2D eigenvalue weighted by Crippen LogP contribution is -2.04. The predicted molar refractivity (Wildman–Crippen MR) is 52.3 cm³/mol. The SMILES string of the molecule is Nc1noc(C2CCCS2)c1C(=O)O. The number of nitrogen functional groups attached to an aromatic ring is 1. The summed E-state index contributed by atoms with van der Waals surface area (Å²) in [5.41, 5.74) is 5.45. The van der Waals surface area contributed by atoms with E-state index in [4.69, 9.17) is 15.4 Å². The lowest BCUT2D eigenvalue weighted by atomic mass is 10.1. The lowest BCUT2D eigenvalue weighted by Gasteiger charge is -2.03. The van der Waals surface area contributed by atoms with Crippen LogP contribution in [-0.4, -0.2) is 22.0 Å². The van der Waals surface area contributed by atoms with Gasteiger partial charge < -0.3 is 15.4 Å². The second-order valence-electron chi connectivity index (χ2n) is 3.11. The molecule has 1 aliphatic heterocycles. The van der Waals surface area contributed by atoms with Crippen LogP contribution in [0.1, 0.15) is 34.2 Å². The van der Waals surface area contributed by atoms with E-state index in [1.165, 1.54) is 0 Å². The molecule has 2 heterocycles. The molecule has 6 heteroatoms. The Labute approximate surface area is 84.6 Å². The minimum absolute atomic E-state index is 0.0278. The van der Waals surface area contributed by atoms with Gasteiger partial charge in [-0.25, -0.2) is 4.79 Å². The molecule has 2 rings (SSSR count). The van der Waals surface area contributed by atoms with Crippen molar-refractivity contribution in [1.82, 2.24) is 5.16 Å². The first-order valence-electron chi connectivity index (χ1n) is 4.30. The Balaban J connectivity index is 2.37. The molecule has 1 aliphatic rings. The Bertz CT molecular complexity index is 357. The molecule has 0 bridgehead atoms. The third-order valence-electron chi connectivity index (χ3n) is 2.18. The van der Waals surface area contributed by atoms with Crippen molar-refractivity contribution >= 4 is 23.5 Å². The molecule has 1 saturated heterocycles. The van der Waals surface area contributed by atoms with E-state index in [1.54, 1.807) is 11.8 Å². The molecule has 1 unspecified atom stereocenters. The first-order chi connectivity index (χ1) is 6.70. The normalized spacial score (nSPS) is 21.3. The van der Waals surface area contributed by atoms with Crippen molar-refractivity contribution in [2.45, 2.75) is 18.1 Å². The Morgan fingerprint density at radius 2 is 2.50 bits per heavy atom. The van der Waals surface area contributed by atoms with Crippen molar-refractivity contribution < 1.29 is 14.4 Å². The van der Waals surface area contributed by atoms with Gasteiger partial charge in [-0.3, -0.25) is 0 Å². The fourth-order valence-corrected chi connectivity index (χ4v) is 2.80. The molecule has 0 aromatic carbocycles. The van der Waals surface area contributed by atoms with Gasteiger partial charge in [0.15, 0.2) is 11.6 Å². The molecule has 5 nitrogen and oxygen atoms in total. The minimum atomic E-state index is -1.06. The number of rotatable bonds is 2. The second kappa shape index (κ2) is 3.53. The number of carboxylic acid groups (broad SMARTS) is 1. The van der Waals surface area contributed by atoms with E-state index < -0.39 is 5.97 Å². The van der Waals surface area contributed by atoms with Crippen LogP contribution in [0.15, 0.2) is 4.52 Å². The molecule has 1 aromatic rings. The summed E-state index contributed by atoms with van der Waals surface area (Å²) in [5.74, 6) is 0.355. The molecule has 1 fully saturated rings. The number of hydrogen-bond donors (Lipinski definition) is 2. The number of aromatic nitrogens is 1. The maximum atomic E-state index is 10.9. The number of carboxylic acids is 1. The Morgan fingerprint density at radius 3 is 3.07 bits per heavy atom. The molecular weight excluding hydrogens is 204 g/mol. The van der Waals surface area contributed by atoms with Crippen LogP contribution in [0, 0.1) is 0 Å². The maximum absolute atomic E-state index is 10.9. The van der Waals surface area contributed by atoms with Gasteiger partial charge in [0.25, 0.3) is 0 Å². The highest BCUT2D eigenvalue weighted by Crippen LogP contribution is 2.42. The molecular formula is C8H10N2O3S. The Kier molecular flexibility index (Phi) is 2.37. The van der Waals surface area contributed by atoms with E-state index in [0.29, 0.717) is 5.76 Å². The lowest BCUT2D eigenvalue weighted by molar-refractivity contribution is 0.0695. The molecule has 14 heavy (non-hydrogen) atoms. The van der Waals surface area contributed by atoms with Crippen LogP contribution < -0.4 is 5.73 Å². The van der Waals surface area contributed by atoms with E-state index in [1.807, 2.05) is 0 Å². The number of thioether (sulfide) groups is 1. The average molecular weight is 214 g/mol. The summed E-state index contributed by atoms with van der Waals surface area (Å²) in [4.78, 5) is 10.9. The van der Waals surface area contributed by atoms with E-state index in [9.17, 15) is 4.79 Å². The Hall–Kier alpha value is -1.17. The summed E-state index contributed by atoms with van der Waals surface area (Å²) in [6, 6.07) is 0. The van der Waals surface area contributed by atoms with Gasteiger partial charge in [0.05, 0.1) is 5.25 Å². The number of hydrogen-bond acceptors (Lipinski definition) is 5. The first kappa shape index (κ1) is 9.39. The summed E-state index contributed by atoms with van der Waals surface area (Å²) in [7, 11) is 0. The zero-order chi connectivity index (χ0) is 10.1. The average Bonchev–Trinajstić information content (AvgIpc) is 2.70. The third kappa shape index (κ3) is 1.45. The summed E-state index contributed by atoms with van der Waals surface area (Å²) in [6.45, 7) is 0. The predicted octanol–water partition coefficient (Wildman–Crippen LogP) is 1.52. The zero-order valence-corrected chi connectivity index (χ0v) is 8.21. The van der Waals surface area contributed by atoms with Gasteiger partial charge in [-0.1, -0.05) is 5.16 Å². The van der Waals surface area contributed by atoms with Gasteiger partial charge in [0.2, 0.25) is 0 Å². The molecule has 0 radical (unpaired) electrons. The zero-order valence-electron chi connectivity index (χ0n) is 7.40. The molecule has 0 amide bonds. The topological polar surface area (TPSA) is 89.4 Å². The number of anilines is 1. The smallest absolute Gasteiger partial charge is 0.343 e. The first-order valence-corrected chi connectivity index (χ1v) is 5.35. The molecule has 1 atom stereocenters. The van der Waals surface area contributed by atoms with Gasteiger partial charge in [-0.05, 0) is 18.6 Å². The summed E-state index contributed by atoms with van der Waals surface area (Å²) < 4.78 is 4.96. The van der Waals surface area contributed by atoms with Gasteiger partial charge in [0, 0.05) is 0 Å². The van der Waals surface area contributed by atoms with Gasteiger partial charge >= 0.3 is 5.97 Å². The fraction of sp³-hybridized carbons (Fsp3) is 0.500. The number of nitrogens with two attached hydrogens (primary N) is 1. The van der Waals surface area contributed by atoms with Crippen LogP contribution in [0.5, 0.6) is 0 Å². The van der Waals surface area contributed by atoms with Crippen LogP contribution in [0.3, 0.4) is 0 Å². The summed E-state index contributed by atoms with van der Waals surface area (Å²) in [6.07, 6.45) is 2.01. The summed E-state index contributed by atoms with van der Waals surface area (Å²) in [5, 5.41) is 12.5. The van der Waals surface area contributed by atoms with E-state index in [2.05, 4.69) is 5.16 Å². The van der Waals surface area contributed by atoms with Crippen molar-refractivity contribution in [3.8, 4) is 0 Å². The largest absolute Gasteiger partial charge is 0.477 e. The van der Waals surface area contributed by atoms with E-state index in [0.717, 1.165) is 18.6 Å². The third-order valence-corrected chi connectivity index (χ3v) is 3.56. The van der Waals surface area contributed by atoms with Gasteiger partial charge in [0.1, 0.15) is 5.56 Å². The molecule has 3 N–H and O–H groups in total. The standard InChI is InChI=1S/C8H10N2O3S/c9-7-5(8(11)12)6(13-10-7)4-2-1-3-14-4/h4H,1-3H2,(H2,9,10)(H,11,12). The molecule has 0 saturated carbocycles. The highest BCUT2D eigenvalue weighted by molar-refractivity contribution is 7.99. The summed E-state index contributed by atoms with van der Waals surface area (Å²) >= 11 is 1.69. The monoisotopic (exact) mass is 214 g/mol. The van der Waals surface area contributed by atoms with Gasteiger partial charge in [-0.15, -0.1) is 0 Å². The molecule has 0 spiro atoms. The van der Waals surface area contributed by atoms with Crippen LogP contribution in [0.4, 0.5) is 5.82 Å². The minimum Gasteiger partial charge on any atom is -0.477 e.